The molecule has 200 valence electrons. The average Bonchev–Trinajstić information content (AvgIpc) is 3.15. The highest BCUT2D eigenvalue weighted by atomic mass is 19.4. The summed E-state index contributed by atoms with van der Waals surface area (Å²) in [5.41, 5.74) is 8.22. The number of rotatable bonds is 7. The fourth-order valence-corrected chi connectivity index (χ4v) is 4.09. The Morgan fingerprint density at radius 1 is 1.19 bits per heavy atom. The van der Waals surface area contributed by atoms with Crippen molar-refractivity contribution in [2.45, 2.75) is 38.9 Å². The molecule has 0 unspecified atom stereocenters. The lowest BCUT2D eigenvalue weighted by Gasteiger charge is -2.33. The van der Waals surface area contributed by atoms with Gasteiger partial charge in [-0.15, -0.1) is 4.68 Å². The van der Waals surface area contributed by atoms with E-state index >= 15 is 0 Å². The maximum atomic E-state index is 13.5. The number of methoxy groups -OCH3 is 1. The summed E-state index contributed by atoms with van der Waals surface area (Å²) < 4.78 is 55.8. The smallest absolute Gasteiger partial charge is 0.422 e. The first-order valence-electron chi connectivity index (χ1n) is 11.7. The van der Waals surface area contributed by atoms with Gasteiger partial charge in [0.15, 0.2) is 18.9 Å². The number of carbonyl (C=O) groups is 1. The van der Waals surface area contributed by atoms with Crippen molar-refractivity contribution < 1.29 is 36.9 Å². The molecule has 3 aromatic rings. The highest BCUT2D eigenvalue weighted by Gasteiger charge is 2.30. The monoisotopic (exact) mass is 523 g/mol. The van der Waals surface area contributed by atoms with Crippen LogP contribution in [0.3, 0.4) is 0 Å². The first-order chi connectivity index (χ1) is 17.4. The molecule has 10 nitrogen and oxygen atoms in total. The number of Topliss-reactive ketones (excluding diaryl/α,β-unsaturated/α-hetero) is 1. The third-order valence-electron chi connectivity index (χ3n) is 5.93. The van der Waals surface area contributed by atoms with Crippen molar-refractivity contribution in [2.24, 2.45) is 0 Å². The lowest BCUT2D eigenvalue weighted by molar-refractivity contribution is -0.723. The Kier molecular flexibility index (Phi) is 7.18. The van der Waals surface area contributed by atoms with Gasteiger partial charge in [-0.05, 0) is 17.5 Å². The van der Waals surface area contributed by atoms with Gasteiger partial charge in [0.05, 0.1) is 26.0 Å². The van der Waals surface area contributed by atoms with E-state index in [4.69, 9.17) is 15.2 Å². The lowest BCUT2D eigenvalue weighted by atomic mass is 9.84. The number of fused-ring (bicyclic) bond motifs is 1. The zero-order chi connectivity index (χ0) is 27.0. The minimum absolute atomic E-state index is 0.0289. The van der Waals surface area contributed by atoms with Crippen LogP contribution in [-0.2, 0) is 16.7 Å². The minimum atomic E-state index is -4.51. The van der Waals surface area contributed by atoms with E-state index in [1.165, 1.54) is 16.8 Å². The second-order valence-electron chi connectivity index (χ2n) is 9.71. The van der Waals surface area contributed by atoms with E-state index in [-0.39, 0.29) is 35.2 Å². The Morgan fingerprint density at radius 2 is 1.89 bits per heavy atom. The van der Waals surface area contributed by atoms with Gasteiger partial charge >= 0.3 is 12.1 Å². The molecule has 0 radical (unpaired) electrons. The highest BCUT2D eigenvalue weighted by Crippen LogP contribution is 2.40. The van der Waals surface area contributed by atoms with E-state index in [0.717, 1.165) is 15.8 Å². The van der Waals surface area contributed by atoms with E-state index in [1.807, 2.05) is 26.8 Å². The van der Waals surface area contributed by atoms with E-state index in [0.29, 0.717) is 37.6 Å². The van der Waals surface area contributed by atoms with Crippen LogP contribution in [0.1, 0.15) is 36.7 Å². The average molecular weight is 524 g/mol. The second kappa shape index (κ2) is 10.0. The van der Waals surface area contributed by atoms with Gasteiger partial charge in [0.25, 0.3) is 5.65 Å². The number of carbonyl (C=O) groups excluding carboxylic acids is 1. The number of aromatic nitrogens is 4. The lowest BCUT2D eigenvalue weighted by Crippen LogP contribution is -2.42. The molecular weight excluding hydrogens is 493 g/mol. The number of ketones is 1. The number of nitrogen functional groups attached to an aromatic ring is 1. The molecule has 0 saturated carbocycles. The zero-order valence-corrected chi connectivity index (χ0v) is 21.1. The summed E-state index contributed by atoms with van der Waals surface area (Å²) in [5, 5.41) is 8.25. The van der Waals surface area contributed by atoms with Gasteiger partial charge in [-0.2, -0.15) is 13.2 Å². The molecule has 0 amide bonds. The SMILES string of the molecule is COc1c(N2CCOCC2)cc(C(=O)C[n+]2nc3ccc(OCC(F)(F)F)nn3c2N)cc1C(C)(C)C. The largest absolute Gasteiger partial charge is 0.494 e. The Hall–Kier alpha value is -3.61. The Bertz CT molecular complexity index is 1300. The molecule has 2 aromatic heterocycles. The van der Waals surface area contributed by atoms with Gasteiger partial charge in [0.1, 0.15) is 5.75 Å². The molecule has 0 aliphatic carbocycles. The van der Waals surface area contributed by atoms with Crippen LogP contribution >= 0.6 is 0 Å². The molecule has 1 saturated heterocycles. The predicted octanol–water partition coefficient (Wildman–Crippen LogP) is 2.57. The summed E-state index contributed by atoms with van der Waals surface area (Å²) in [6.45, 7) is 6.91. The van der Waals surface area contributed by atoms with Gasteiger partial charge in [0.2, 0.25) is 5.88 Å². The molecule has 1 aliphatic rings. The zero-order valence-electron chi connectivity index (χ0n) is 21.1. The maximum absolute atomic E-state index is 13.5. The molecule has 0 bridgehead atoms. The molecule has 4 rings (SSSR count). The first kappa shape index (κ1) is 26.5. The molecule has 2 N–H and O–H groups in total. The minimum Gasteiger partial charge on any atom is -0.494 e. The number of hydrogen-bond acceptors (Lipinski definition) is 8. The summed E-state index contributed by atoms with van der Waals surface area (Å²) in [7, 11) is 1.61. The van der Waals surface area contributed by atoms with Crippen molar-refractivity contribution in [3.63, 3.8) is 0 Å². The van der Waals surface area contributed by atoms with Crippen LogP contribution < -0.4 is 24.8 Å². The van der Waals surface area contributed by atoms with Gasteiger partial charge in [0, 0.05) is 36.3 Å². The Balaban J connectivity index is 1.66. The summed E-state index contributed by atoms with van der Waals surface area (Å²) in [4.78, 5) is 15.6. The molecule has 1 aromatic carbocycles. The molecule has 3 heterocycles. The van der Waals surface area contributed by atoms with E-state index in [1.54, 1.807) is 13.2 Å². The van der Waals surface area contributed by atoms with Crippen LogP contribution in [0.4, 0.5) is 24.8 Å². The summed E-state index contributed by atoms with van der Waals surface area (Å²) in [6.07, 6.45) is -4.51. The third-order valence-corrected chi connectivity index (χ3v) is 5.93. The van der Waals surface area contributed by atoms with Crippen molar-refractivity contribution in [3.05, 3.63) is 35.4 Å². The Labute approximate surface area is 211 Å². The van der Waals surface area contributed by atoms with Gasteiger partial charge in [-0.3, -0.25) is 10.5 Å². The van der Waals surface area contributed by atoms with Crippen LogP contribution in [-0.4, -0.2) is 66.7 Å². The van der Waals surface area contributed by atoms with Crippen molar-refractivity contribution >= 4 is 23.1 Å². The van der Waals surface area contributed by atoms with Crippen LogP contribution in [0, 0.1) is 0 Å². The van der Waals surface area contributed by atoms with Crippen LogP contribution in [0.5, 0.6) is 11.6 Å². The molecule has 1 aliphatic heterocycles. The molecule has 37 heavy (non-hydrogen) atoms. The van der Waals surface area contributed by atoms with Crippen molar-refractivity contribution in [2.75, 3.05) is 50.7 Å². The predicted molar refractivity (Wildman–Crippen MR) is 128 cm³/mol. The quantitative estimate of drug-likeness (QED) is 0.372. The molecule has 0 spiro atoms. The highest BCUT2D eigenvalue weighted by molar-refractivity contribution is 5.97. The van der Waals surface area contributed by atoms with E-state index in [9.17, 15) is 18.0 Å². The molecule has 0 atom stereocenters. The van der Waals surface area contributed by atoms with Crippen LogP contribution in [0.2, 0.25) is 0 Å². The fraction of sp³-hybridized carbons (Fsp3) is 0.500. The standard InChI is InChI=1S/C24H29F3N6O4/c1-23(2,3)16-11-15(12-17(21(16)35-4)31-7-9-36-10-8-31)18(34)13-32-22(28)33-19(29-32)5-6-20(30-33)37-14-24(25,26)27/h5-6,11-12,28H,7-10,13-14H2,1-4H3/p+1. The van der Waals surface area contributed by atoms with Gasteiger partial charge in [-0.1, -0.05) is 35.5 Å². The van der Waals surface area contributed by atoms with Crippen LogP contribution in [0.15, 0.2) is 24.3 Å². The van der Waals surface area contributed by atoms with Gasteiger partial charge < -0.3 is 19.1 Å². The Morgan fingerprint density at radius 3 is 2.51 bits per heavy atom. The van der Waals surface area contributed by atoms with Crippen molar-refractivity contribution in [1.82, 2.24) is 14.7 Å². The summed E-state index contributed by atoms with van der Waals surface area (Å²) in [5.74, 6) is 0.157. The maximum Gasteiger partial charge on any atom is 0.422 e. The first-order valence-corrected chi connectivity index (χ1v) is 11.7. The van der Waals surface area contributed by atoms with Crippen LogP contribution in [0.25, 0.3) is 5.65 Å². The molecule has 13 heteroatoms. The normalized spacial score (nSPS) is 14.7. The summed E-state index contributed by atoms with van der Waals surface area (Å²) >= 11 is 0. The van der Waals surface area contributed by atoms with E-state index < -0.39 is 12.8 Å². The second-order valence-corrected chi connectivity index (χ2v) is 9.71. The number of morpholine rings is 1. The van der Waals surface area contributed by atoms with E-state index in [2.05, 4.69) is 19.8 Å². The number of halogens is 3. The molecular formula is C24H30F3N6O4+. The topological polar surface area (TPSA) is 108 Å². The van der Waals surface area contributed by atoms with Gasteiger partial charge in [-0.25, -0.2) is 0 Å². The number of benzene rings is 1. The number of anilines is 2. The number of nitrogens with two attached hydrogens (primary N) is 1. The third kappa shape index (κ3) is 5.87. The number of hydrogen-bond donors (Lipinski definition) is 1. The number of alkyl halides is 3. The van der Waals surface area contributed by atoms with Crippen molar-refractivity contribution in [3.8, 4) is 11.6 Å². The molecule has 1 fully saturated rings. The van der Waals surface area contributed by atoms with Crippen molar-refractivity contribution in [1.29, 1.82) is 0 Å². The fourth-order valence-electron chi connectivity index (χ4n) is 4.09. The summed E-state index contributed by atoms with van der Waals surface area (Å²) in [6, 6.07) is 6.29. The number of ether oxygens (including phenoxy) is 3. The number of nitrogens with zero attached hydrogens (tertiary/aromatic N) is 5.